The van der Waals surface area contributed by atoms with Crippen LogP contribution in [-0.4, -0.2) is 13.2 Å². The van der Waals surface area contributed by atoms with Crippen molar-refractivity contribution in [3.63, 3.8) is 0 Å². The average molecular weight is 357 g/mol. The quantitative estimate of drug-likeness (QED) is 0.397. The summed E-state index contributed by atoms with van der Waals surface area (Å²) in [7, 11) is 0. The van der Waals surface area contributed by atoms with Gasteiger partial charge in [0.25, 0.3) is 0 Å². The molecule has 4 N–H and O–H groups in total. The lowest BCUT2D eigenvalue weighted by atomic mass is 10.1. The number of unbranched alkanes of at least 4 members (excludes halogenated alkanes) is 6. The van der Waals surface area contributed by atoms with Crippen LogP contribution in [0.15, 0.2) is 42.5 Å². The molecule has 26 heavy (non-hydrogen) atoms. The largest absolute Gasteiger partial charge is 0.494 e. The summed E-state index contributed by atoms with van der Waals surface area (Å²) in [5.41, 5.74) is 14.3. The second-order valence-electron chi connectivity index (χ2n) is 6.73. The molecule has 0 aliphatic carbocycles. The maximum absolute atomic E-state index is 6.01. The molecule has 4 heteroatoms. The van der Waals surface area contributed by atoms with Crippen LogP contribution in [0, 0.1) is 6.92 Å². The lowest BCUT2D eigenvalue weighted by Crippen LogP contribution is -2.01. The first-order valence-electron chi connectivity index (χ1n) is 9.63. The van der Waals surface area contributed by atoms with E-state index in [-0.39, 0.29) is 0 Å². The molecule has 0 atom stereocenters. The molecule has 0 spiro atoms. The van der Waals surface area contributed by atoms with Crippen molar-refractivity contribution in [1.82, 2.24) is 0 Å². The van der Waals surface area contributed by atoms with Crippen molar-refractivity contribution in [2.75, 3.05) is 24.7 Å². The van der Waals surface area contributed by atoms with Crippen molar-refractivity contribution in [1.29, 1.82) is 0 Å². The highest BCUT2D eigenvalue weighted by Crippen LogP contribution is 2.24. The van der Waals surface area contributed by atoms with Crippen LogP contribution in [0.5, 0.6) is 11.5 Å². The van der Waals surface area contributed by atoms with Crippen LogP contribution in [-0.2, 0) is 0 Å². The Morgan fingerprint density at radius 1 is 0.731 bits per heavy atom. The van der Waals surface area contributed by atoms with E-state index in [1.54, 1.807) is 0 Å². The number of hydrogen-bond donors (Lipinski definition) is 2. The molecular formula is C22H32N2O2. The van der Waals surface area contributed by atoms with E-state index in [0.717, 1.165) is 54.5 Å². The molecule has 142 valence electrons. The van der Waals surface area contributed by atoms with Crippen LogP contribution in [0.25, 0.3) is 0 Å². The summed E-state index contributed by atoms with van der Waals surface area (Å²) in [5.74, 6) is 1.67. The van der Waals surface area contributed by atoms with Crippen LogP contribution in [0.4, 0.5) is 11.4 Å². The molecule has 2 aromatic carbocycles. The van der Waals surface area contributed by atoms with Crippen LogP contribution in [0.3, 0.4) is 0 Å². The molecule has 0 saturated carbocycles. The maximum Gasteiger partial charge on any atom is 0.142 e. The molecule has 0 aliphatic rings. The molecule has 0 bridgehead atoms. The highest BCUT2D eigenvalue weighted by Gasteiger charge is 2.02. The lowest BCUT2D eigenvalue weighted by molar-refractivity contribution is 0.300. The van der Waals surface area contributed by atoms with Gasteiger partial charge in [-0.3, -0.25) is 0 Å². The number of hydrogen-bond acceptors (Lipinski definition) is 4. The fourth-order valence-corrected chi connectivity index (χ4v) is 2.84. The van der Waals surface area contributed by atoms with Crippen LogP contribution >= 0.6 is 0 Å². The molecule has 2 aromatic rings. The minimum atomic E-state index is 0.738. The van der Waals surface area contributed by atoms with Gasteiger partial charge in [-0.2, -0.15) is 0 Å². The van der Waals surface area contributed by atoms with E-state index in [0.29, 0.717) is 0 Å². The lowest BCUT2D eigenvalue weighted by Gasteiger charge is -2.10. The number of para-hydroxylation sites is 1. The number of rotatable bonds is 12. The third kappa shape index (κ3) is 7.26. The maximum atomic E-state index is 6.01. The normalized spacial score (nSPS) is 10.7. The fourth-order valence-electron chi connectivity index (χ4n) is 2.84. The van der Waals surface area contributed by atoms with Crippen molar-refractivity contribution in [3.05, 3.63) is 48.0 Å². The predicted molar refractivity (Wildman–Crippen MR) is 110 cm³/mol. The Hall–Kier alpha value is -2.36. The first-order chi connectivity index (χ1) is 12.7. The summed E-state index contributed by atoms with van der Waals surface area (Å²) < 4.78 is 11.5. The highest BCUT2D eigenvalue weighted by atomic mass is 16.5. The third-order valence-corrected chi connectivity index (χ3v) is 4.46. The molecule has 0 fully saturated rings. The molecule has 4 nitrogen and oxygen atoms in total. The molecule has 0 radical (unpaired) electrons. The topological polar surface area (TPSA) is 70.5 Å². The van der Waals surface area contributed by atoms with E-state index in [4.69, 9.17) is 20.9 Å². The van der Waals surface area contributed by atoms with Gasteiger partial charge in [-0.15, -0.1) is 0 Å². The minimum Gasteiger partial charge on any atom is -0.494 e. The second kappa shape index (κ2) is 11.3. The standard InChI is InChI=1S/C22H32N2O2/c1-18-11-9-14-21(22(18)24)26-16-8-6-4-2-3-5-7-15-25-20-13-10-12-19(23)17-20/h9-14,17H,2-8,15-16,23-24H2,1H3. The molecule has 0 amide bonds. The molecule has 0 aliphatic heterocycles. The minimum absolute atomic E-state index is 0.738. The summed E-state index contributed by atoms with van der Waals surface area (Å²) >= 11 is 0. The summed E-state index contributed by atoms with van der Waals surface area (Å²) in [6.07, 6.45) is 8.35. The Balaban J connectivity index is 1.42. The zero-order valence-electron chi connectivity index (χ0n) is 15.9. The Kier molecular flexibility index (Phi) is 8.67. The molecular weight excluding hydrogens is 324 g/mol. The van der Waals surface area contributed by atoms with E-state index in [9.17, 15) is 0 Å². The van der Waals surface area contributed by atoms with Gasteiger partial charge in [-0.1, -0.05) is 50.3 Å². The number of ether oxygens (including phenoxy) is 2. The van der Waals surface area contributed by atoms with Gasteiger partial charge in [0.05, 0.1) is 18.9 Å². The first kappa shape index (κ1) is 20.0. The van der Waals surface area contributed by atoms with Gasteiger partial charge in [-0.05, 0) is 43.5 Å². The fraction of sp³-hybridized carbons (Fsp3) is 0.455. The SMILES string of the molecule is Cc1cccc(OCCCCCCCCCOc2cccc(N)c2)c1N. The Labute approximate surface area is 157 Å². The summed E-state index contributed by atoms with van der Waals surface area (Å²) in [4.78, 5) is 0. The van der Waals surface area contributed by atoms with Crippen LogP contribution < -0.4 is 20.9 Å². The number of anilines is 2. The monoisotopic (exact) mass is 356 g/mol. The zero-order valence-corrected chi connectivity index (χ0v) is 15.9. The van der Waals surface area contributed by atoms with Gasteiger partial charge in [0.2, 0.25) is 0 Å². The van der Waals surface area contributed by atoms with Crippen molar-refractivity contribution < 1.29 is 9.47 Å². The number of nitrogens with two attached hydrogens (primary N) is 2. The zero-order chi connectivity index (χ0) is 18.6. The highest BCUT2D eigenvalue weighted by molar-refractivity contribution is 5.57. The van der Waals surface area contributed by atoms with E-state index in [1.165, 1.54) is 32.1 Å². The van der Waals surface area contributed by atoms with Gasteiger partial charge in [0, 0.05) is 11.8 Å². The first-order valence-corrected chi connectivity index (χ1v) is 9.63. The van der Waals surface area contributed by atoms with E-state index in [1.807, 2.05) is 49.4 Å². The summed E-state index contributed by atoms with van der Waals surface area (Å²) in [6, 6.07) is 13.5. The van der Waals surface area contributed by atoms with E-state index >= 15 is 0 Å². The van der Waals surface area contributed by atoms with Gasteiger partial charge in [-0.25, -0.2) is 0 Å². The third-order valence-electron chi connectivity index (χ3n) is 4.46. The molecule has 0 heterocycles. The molecule has 0 unspecified atom stereocenters. The summed E-state index contributed by atoms with van der Waals surface area (Å²) in [6.45, 7) is 3.50. The van der Waals surface area contributed by atoms with Gasteiger partial charge in [0.15, 0.2) is 0 Å². The van der Waals surface area contributed by atoms with Gasteiger partial charge in [0.1, 0.15) is 11.5 Å². The predicted octanol–water partition coefficient (Wildman–Crippen LogP) is 5.35. The van der Waals surface area contributed by atoms with Gasteiger partial charge >= 0.3 is 0 Å². The van der Waals surface area contributed by atoms with E-state index in [2.05, 4.69) is 0 Å². The summed E-state index contributed by atoms with van der Waals surface area (Å²) in [5, 5.41) is 0. The number of nitrogen functional groups attached to an aromatic ring is 2. The second-order valence-corrected chi connectivity index (χ2v) is 6.73. The average Bonchev–Trinajstić information content (AvgIpc) is 2.63. The number of aryl methyl sites for hydroxylation is 1. The van der Waals surface area contributed by atoms with Crippen LogP contribution in [0.2, 0.25) is 0 Å². The van der Waals surface area contributed by atoms with Gasteiger partial charge < -0.3 is 20.9 Å². The van der Waals surface area contributed by atoms with Crippen molar-refractivity contribution >= 4 is 11.4 Å². The smallest absolute Gasteiger partial charge is 0.142 e. The van der Waals surface area contributed by atoms with Crippen molar-refractivity contribution in [2.45, 2.75) is 51.9 Å². The molecule has 2 rings (SSSR count). The molecule has 0 aromatic heterocycles. The van der Waals surface area contributed by atoms with Crippen molar-refractivity contribution in [2.24, 2.45) is 0 Å². The van der Waals surface area contributed by atoms with Crippen LogP contribution in [0.1, 0.15) is 50.5 Å². The molecule has 0 saturated heterocycles. The Morgan fingerprint density at radius 3 is 2.04 bits per heavy atom. The van der Waals surface area contributed by atoms with E-state index < -0.39 is 0 Å². The number of benzene rings is 2. The Morgan fingerprint density at radius 2 is 1.35 bits per heavy atom. The Bertz CT molecular complexity index is 658. The van der Waals surface area contributed by atoms with Crippen molar-refractivity contribution in [3.8, 4) is 11.5 Å².